The molecule has 0 spiro atoms. The molecular formula is C17H25N3O2. The number of anilines is 1. The first-order valence-corrected chi connectivity index (χ1v) is 7.73. The van der Waals surface area contributed by atoms with Crippen LogP contribution in [0.5, 0.6) is 0 Å². The minimum Gasteiger partial charge on any atom is -0.369 e. The molecule has 0 bridgehead atoms. The zero-order valence-corrected chi connectivity index (χ0v) is 13.6. The third-order valence-corrected chi connectivity index (χ3v) is 4.19. The Morgan fingerprint density at radius 3 is 2.14 bits per heavy atom. The summed E-state index contributed by atoms with van der Waals surface area (Å²) in [4.78, 5) is 25.1. The number of hydrogen-bond acceptors (Lipinski definition) is 2. The van der Waals surface area contributed by atoms with Crippen LogP contribution in [-0.2, 0) is 10.2 Å². The predicted molar refractivity (Wildman–Crippen MR) is 87.7 cm³/mol. The molecule has 1 aromatic carbocycles. The predicted octanol–water partition coefficient (Wildman–Crippen LogP) is 2.71. The first-order valence-electron chi connectivity index (χ1n) is 7.73. The van der Waals surface area contributed by atoms with E-state index in [0.29, 0.717) is 25.9 Å². The van der Waals surface area contributed by atoms with E-state index >= 15 is 0 Å². The number of nitrogens with zero attached hydrogens (tertiary/aromatic N) is 1. The number of nitrogens with one attached hydrogen (secondary N) is 1. The summed E-state index contributed by atoms with van der Waals surface area (Å²) >= 11 is 0. The number of piperidine rings is 1. The van der Waals surface area contributed by atoms with Crippen molar-refractivity contribution in [1.29, 1.82) is 0 Å². The van der Waals surface area contributed by atoms with E-state index in [9.17, 15) is 9.59 Å². The molecule has 0 radical (unpaired) electrons. The van der Waals surface area contributed by atoms with Gasteiger partial charge in [-0.05, 0) is 36.0 Å². The molecule has 1 aliphatic heterocycles. The lowest BCUT2D eigenvalue weighted by atomic mass is 9.87. The Morgan fingerprint density at radius 1 is 1.14 bits per heavy atom. The van der Waals surface area contributed by atoms with Crippen molar-refractivity contribution in [3.63, 3.8) is 0 Å². The normalized spacial score (nSPS) is 16.4. The molecule has 0 aromatic heterocycles. The van der Waals surface area contributed by atoms with E-state index < -0.39 is 0 Å². The summed E-state index contributed by atoms with van der Waals surface area (Å²) in [5, 5.41) is 2.91. The Bertz CT molecular complexity index is 538. The summed E-state index contributed by atoms with van der Waals surface area (Å²) < 4.78 is 0. The first-order chi connectivity index (χ1) is 10.3. The Labute approximate surface area is 131 Å². The van der Waals surface area contributed by atoms with Crippen molar-refractivity contribution in [2.24, 2.45) is 11.7 Å². The maximum atomic E-state index is 12.2. The highest BCUT2D eigenvalue weighted by Gasteiger charge is 2.25. The maximum Gasteiger partial charge on any atom is 0.321 e. The average molecular weight is 303 g/mol. The van der Waals surface area contributed by atoms with E-state index in [2.05, 4.69) is 26.1 Å². The van der Waals surface area contributed by atoms with Gasteiger partial charge in [-0.25, -0.2) is 4.79 Å². The molecule has 5 heteroatoms. The van der Waals surface area contributed by atoms with Crippen LogP contribution in [0.15, 0.2) is 24.3 Å². The maximum absolute atomic E-state index is 12.2. The smallest absolute Gasteiger partial charge is 0.321 e. The molecule has 0 atom stereocenters. The van der Waals surface area contributed by atoms with E-state index in [-0.39, 0.29) is 23.3 Å². The van der Waals surface area contributed by atoms with Crippen molar-refractivity contribution >= 4 is 17.6 Å². The number of carbonyl (C=O) groups excluding carboxylic acids is 2. The largest absolute Gasteiger partial charge is 0.369 e. The number of likely N-dealkylation sites (tertiary alicyclic amines) is 1. The summed E-state index contributed by atoms with van der Waals surface area (Å²) in [6.07, 6.45) is 1.29. The molecule has 0 unspecified atom stereocenters. The van der Waals surface area contributed by atoms with Gasteiger partial charge in [0, 0.05) is 24.7 Å². The van der Waals surface area contributed by atoms with Crippen LogP contribution >= 0.6 is 0 Å². The van der Waals surface area contributed by atoms with Crippen LogP contribution in [-0.4, -0.2) is 29.9 Å². The van der Waals surface area contributed by atoms with Gasteiger partial charge in [-0.2, -0.15) is 0 Å². The number of amides is 3. The highest BCUT2D eigenvalue weighted by Crippen LogP contribution is 2.24. The lowest BCUT2D eigenvalue weighted by Gasteiger charge is -2.30. The third kappa shape index (κ3) is 4.00. The van der Waals surface area contributed by atoms with Gasteiger partial charge < -0.3 is 16.0 Å². The van der Waals surface area contributed by atoms with Crippen molar-refractivity contribution in [3.8, 4) is 0 Å². The van der Waals surface area contributed by atoms with Gasteiger partial charge >= 0.3 is 6.03 Å². The molecule has 1 fully saturated rings. The summed E-state index contributed by atoms with van der Waals surface area (Å²) in [6, 6.07) is 7.80. The van der Waals surface area contributed by atoms with Gasteiger partial charge in [-0.3, -0.25) is 4.79 Å². The van der Waals surface area contributed by atoms with Crippen LogP contribution < -0.4 is 11.1 Å². The number of nitrogens with two attached hydrogens (primary N) is 1. The monoisotopic (exact) mass is 303 g/mol. The van der Waals surface area contributed by atoms with Crippen LogP contribution in [0.4, 0.5) is 10.5 Å². The summed E-state index contributed by atoms with van der Waals surface area (Å²) in [7, 11) is 0. The second-order valence-corrected chi connectivity index (χ2v) is 6.92. The van der Waals surface area contributed by atoms with Crippen molar-refractivity contribution in [2.75, 3.05) is 18.4 Å². The molecule has 5 nitrogen and oxygen atoms in total. The van der Waals surface area contributed by atoms with E-state index in [4.69, 9.17) is 5.73 Å². The van der Waals surface area contributed by atoms with Gasteiger partial charge in [0.25, 0.3) is 0 Å². The number of rotatable bonds is 2. The molecule has 120 valence electrons. The van der Waals surface area contributed by atoms with Crippen molar-refractivity contribution in [2.45, 2.75) is 39.0 Å². The van der Waals surface area contributed by atoms with Crippen LogP contribution in [0.3, 0.4) is 0 Å². The summed E-state index contributed by atoms with van der Waals surface area (Å²) in [5.74, 6) is -0.368. The van der Waals surface area contributed by atoms with Crippen molar-refractivity contribution in [3.05, 3.63) is 29.8 Å². The van der Waals surface area contributed by atoms with Crippen LogP contribution in [0, 0.1) is 5.92 Å². The molecule has 3 N–H and O–H groups in total. The van der Waals surface area contributed by atoms with E-state index in [1.165, 1.54) is 5.56 Å². The zero-order valence-electron chi connectivity index (χ0n) is 13.6. The molecule has 3 amide bonds. The zero-order chi connectivity index (χ0) is 16.3. The Hall–Kier alpha value is -2.04. The number of primary amides is 1. The van der Waals surface area contributed by atoms with Gasteiger partial charge in [-0.15, -0.1) is 0 Å². The highest BCUT2D eigenvalue weighted by atomic mass is 16.2. The fourth-order valence-corrected chi connectivity index (χ4v) is 2.62. The van der Waals surface area contributed by atoms with E-state index in [0.717, 1.165) is 5.69 Å². The Morgan fingerprint density at radius 2 is 1.68 bits per heavy atom. The lowest BCUT2D eigenvalue weighted by Crippen LogP contribution is -2.43. The Kier molecular flexibility index (Phi) is 4.74. The van der Waals surface area contributed by atoms with Crippen LogP contribution in [0.25, 0.3) is 0 Å². The SMILES string of the molecule is CC(C)(C)c1ccc(NC(=O)N2CCC(C(N)=O)CC2)cc1. The molecule has 1 heterocycles. The van der Waals surface area contributed by atoms with Gasteiger partial charge in [-0.1, -0.05) is 32.9 Å². The molecule has 1 aromatic rings. The third-order valence-electron chi connectivity index (χ3n) is 4.19. The van der Waals surface area contributed by atoms with E-state index in [1.807, 2.05) is 24.3 Å². The van der Waals surface area contributed by atoms with Gasteiger partial charge in [0.15, 0.2) is 0 Å². The van der Waals surface area contributed by atoms with Gasteiger partial charge in [0.05, 0.1) is 0 Å². The lowest BCUT2D eigenvalue weighted by molar-refractivity contribution is -0.122. The second kappa shape index (κ2) is 6.38. The minimum absolute atomic E-state index is 0.0964. The Balaban J connectivity index is 1.91. The number of benzene rings is 1. The molecule has 2 rings (SSSR count). The number of carbonyl (C=O) groups is 2. The molecular weight excluding hydrogens is 278 g/mol. The number of urea groups is 1. The van der Waals surface area contributed by atoms with Crippen molar-refractivity contribution in [1.82, 2.24) is 4.90 Å². The van der Waals surface area contributed by atoms with E-state index in [1.54, 1.807) is 4.90 Å². The second-order valence-electron chi connectivity index (χ2n) is 6.92. The average Bonchev–Trinajstić information content (AvgIpc) is 2.47. The first kappa shape index (κ1) is 16.3. The standard InChI is InChI=1S/C17H25N3O2/c1-17(2,3)13-4-6-14(7-5-13)19-16(22)20-10-8-12(9-11-20)15(18)21/h4-7,12H,8-11H2,1-3H3,(H2,18,21)(H,19,22). The fraction of sp³-hybridized carbons (Fsp3) is 0.529. The highest BCUT2D eigenvalue weighted by molar-refractivity contribution is 5.89. The van der Waals surface area contributed by atoms with Crippen molar-refractivity contribution < 1.29 is 9.59 Å². The van der Waals surface area contributed by atoms with Crippen LogP contribution in [0.2, 0.25) is 0 Å². The number of hydrogen-bond donors (Lipinski definition) is 2. The molecule has 0 aliphatic carbocycles. The minimum atomic E-state index is -0.266. The summed E-state index contributed by atoms with van der Waals surface area (Å²) in [6.45, 7) is 7.61. The van der Waals surface area contributed by atoms with Gasteiger partial charge in [0.2, 0.25) is 5.91 Å². The summed E-state index contributed by atoms with van der Waals surface area (Å²) in [5.41, 5.74) is 7.42. The molecule has 22 heavy (non-hydrogen) atoms. The van der Waals surface area contributed by atoms with Crippen LogP contribution in [0.1, 0.15) is 39.2 Å². The fourth-order valence-electron chi connectivity index (χ4n) is 2.62. The topological polar surface area (TPSA) is 75.4 Å². The molecule has 1 aliphatic rings. The quantitative estimate of drug-likeness (QED) is 0.881. The molecule has 0 saturated carbocycles. The van der Waals surface area contributed by atoms with Gasteiger partial charge in [0.1, 0.15) is 0 Å². The molecule has 1 saturated heterocycles.